The standard InChI is InChI=1S/C30H30N4O4S2/c1-30(31,19-40(36,37)34(2)17-20-8-12-23(38-3)13-9-20)25-18-39-28-15-11-22(16-24(25)28)32-29(35)27-14-10-21-6-4-5-7-26(21)33-27/h4-16,18H,17,19,31H2,1-3H3,(H,32,35). The third kappa shape index (κ3) is 5.85. The fourth-order valence-corrected chi connectivity index (χ4v) is 7.15. The highest BCUT2D eigenvalue weighted by Crippen LogP contribution is 2.35. The van der Waals surface area contributed by atoms with Gasteiger partial charge in [0.1, 0.15) is 11.4 Å². The number of carbonyl (C=O) groups is 1. The summed E-state index contributed by atoms with van der Waals surface area (Å²) >= 11 is 1.48. The molecule has 2 aromatic heterocycles. The molecule has 0 saturated carbocycles. The second-order valence-corrected chi connectivity index (χ2v) is 13.0. The molecule has 206 valence electrons. The van der Waals surface area contributed by atoms with E-state index < -0.39 is 15.6 Å². The van der Waals surface area contributed by atoms with Gasteiger partial charge in [0.2, 0.25) is 10.0 Å². The Kier molecular flexibility index (Phi) is 7.61. The number of ether oxygens (including phenoxy) is 1. The third-order valence-electron chi connectivity index (χ3n) is 6.80. The molecule has 3 aromatic carbocycles. The molecule has 0 fully saturated rings. The minimum atomic E-state index is -3.71. The summed E-state index contributed by atoms with van der Waals surface area (Å²) in [5.41, 5.74) is 8.67. The first-order valence-electron chi connectivity index (χ1n) is 12.6. The zero-order valence-electron chi connectivity index (χ0n) is 22.4. The number of thiophene rings is 1. The van der Waals surface area contributed by atoms with Gasteiger partial charge in [-0.05, 0) is 71.3 Å². The van der Waals surface area contributed by atoms with Crippen LogP contribution in [0.4, 0.5) is 5.69 Å². The van der Waals surface area contributed by atoms with Gasteiger partial charge in [-0.3, -0.25) is 4.79 Å². The SMILES string of the molecule is COc1ccc(CN(C)S(=O)(=O)CC(C)(N)c2csc3ccc(NC(=O)c4ccc5ccccc5n4)cc23)cc1. The van der Waals surface area contributed by atoms with Crippen LogP contribution in [0.25, 0.3) is 21.0 Å². The fraction of sp³-hybridized carbons (Fsp3) is 0.200. The Bertz CT molecular complexity index is 1800. The van der Waals surface area contributed by atoms with Crippen molar-refractivity contribution >= 4 is 53.9 Å². The summed E-state index contributed by atoms with van der Waals surface area (Å²) in [6.45, 7) is 1.93. The number of nitrogens with one attached hydrogen (secondary N) is 1. The molecule has 0 saturated heterocycles. The molecule has 1 amide bonds. The van der Waals surface area contributed by atoms with Crippen LogP contribution in [0.3, 0.4) is 0 Å². The number of hydrogen-bond donors (Lipinski definition) is 2. The lowest BCUT2D eigenvalue weighted by Crippen LogP contribution is -2.44. The first-order chi connectivity index (χ1) is 19.1. The van der Waals surface area contributed by atoms with Crippen LogP contribution in [0.1, 0.15) is 28.5 Å². The molecule has 1 atom stereocenters. The van der Waals surface area contributed by atoms with Crippen molar-refractivity contribution in [2.24, 2.45) is 5.73 Å². The van der Waals surface area contributed by atoms with Gasteiger partial charge in [-0.2, -0.15) is 0 Å². The van der Waals surface area contributed by atoms with Crippen LogP contribution >= 0.6 is 11.3 Å². The van der Waals surface area contributed by atoms with Gasteiger partial charge in [-0.1, -0.05) is 36.4 Å². The van der Waals surface area contributed by atoms with Crippen LogP contribution in [-0.4, -0.2) is 43.5 Å². The Morgan fingerprint density at radius 2 is 1.82 bits per heavy atom. The number of para-hydroxylation sites is 1. The largest absolute Gasteiger partial charge is 0.497 e. The van der Waals surface area contributed by atoms with Crippen molar-refractivity contribution in [1.29, 1.82) is 0 Å². The number of carbonyl (C=O) groups excluding carboxylic acids is 1. The Balaban J connectivity index is 1.35. The molecule has 0 aliphatic heterocycles. The van der Waals surface area contributed by atoms with Gasteiger partial charge in [0.05, 0.1) is 23.9 Å². The topological polar surface area (TPSA) is 115 Å². The monoisotopic (exact) mass is 574 g/mol. The summed E-state index contributed by atoms with van der Waals surface area (Å²) in [5, 5.41) is 6.55. The van der Waals surface area contributed by atoms with Crippen LogP contribution in [0.5, 0.6) is 5.75 Å². The van der Waals surface area contributed by atoms with Gasteiger partial charge < -0.3 is 15.8 Å². The second-order valence-electron chi connectivity index (χ2n) is 9.98. The lowest BCUT2D eigenvalue weighted by Gasteiger charge is -2.27. The summed E-state index contributed by atoms with van der Waals surface area (Å²) in [6.07, 6.45) is 0. The Labute approximate surface area is 237 Å². The average molecular weight is 575 g/mol. The van der Waals surface area contributed by atoms with E-state index in [9.17, 15) is 13.2 Å². The third-order valence-corrected chi connectivity index (χ3v) is 9.81. The van der Waals surface area contributed by atoms with E-state index in [-0.39, 0.29) is 18.2 Å². The molecule has 3 N–H and O–H groups in total. The van der Waals surface area contributed by atoms with Crippen LogP contribution < -0.4 is 15.8 Å². The number of sulfonamides is 1. The molecule has 2 heterocycles. The zero-order valence-corrected chi connectivity index (χ0v) is 24.1. The van der Waals surface area contributed by atoms with E-state index in [0.717, 1.165) is 26.6 Å². The minimum Gasteiger partial charge on any atom is -0.497 e. The number of fused-ring (bicyclic) bond motifs is 2. The highest BCUT2D eigenvalue weighted by atomic mass is 32.2. The van der Waals surface area contributed by atoms with Gasteiger partial charge in [0.15, 0.2) is 0 Å². The average Bonchev–Trinajstić information content (AvgIpc) is 3.37. The number of benzene rings is 3. The number of hydrogen-bond acceptors (Lipinski definition) is 7. The maximum absolute atomic E-state index is 13.3. The van der Waals surface area contributed by atoms with E-state index in [0.29, 0.717) is 22.7 Å². The summed E-state index contributed by atoms with van der Waals surface area (Å²) in [7, 11) is -0.570. The van der Waals surface area contributed by atoms with E-state index in [1.807, 2.05) is 66.0 Å². The van der Waals surface area contributed by atoms with Crippen molar-refractivity contribution < 1.29 is 17.9 Å². The maximum atomic E-state index is 13.3. The highest BCUT2D eigenvalue weighted by Gasteiger charge is 2.33. The molecule has 40 heavy (non-hydrogen) atoms. The van der Waals surface area contributed by atoms with Gasteiger partial charge >= 0.3 is 0 Å². The first kappa shape index (κ1) is 27.7. The van der Waals surface area contributed by atoms with Crippen LogP contribution in [0.15, 0.2) is 84.2 Å². The quantitative estimate of drug-likeness (QED) is 0.245. The van der Waals surface area contributed by atoms with Crippen molar-refractivity contribution in [1.82, 2.24) is 9.29 Å². The fourth-order valence-electron chi connectivity index (χ4n) is 4.59. The van der Waals surface area contributed by atoms with Crippen LogP contribution in [-0.2, 0) is 22.1 Å². The molecular formula is C30H30N4O4S2. The molecule has 5 aromatic rings. The number of amides is 1. The smallest absolute Gasteiger partial charge is 0.274 e. The van der Waals surface area contributed by atoms with Gasteiger partial charge in [-0.25, -0.2) is 17.7 Å². The van der Waals surface area contributed by atoms with Crippen LogP contribution in [0.2, 0.25) is 0 Å². The van der Waals surface area contributed by atoms with Crippen LogP contribution in [0, 0.1) is 0 Å². The van der Waals surface area contributed by atoms with E-state index >= 15 is 0 Å². The van der Waals surface area contributed by atoms with Gasteiger partial charge in [0.25, 0.3) is 5.91 Å². The Hall–Kier alpha value is -3.83. The number of aromatic nitrogens is 1. The molecule has 0 aliphatic rings. The molecule has 10 heteroatoms. The van der Waals surface area contributed by atoms with Gasteiger partial charge in [-0.15, -0.1) is 11.3 Å². The summed E-state index contributed by atoms with van der Waals surface area (Å²) in [6, 6.07) is 24.0. The van der Waals surface area contributed by atoms with Crippen molar-refractivity contribution in [3.8, 4) is 5.75 Å². The minimum absolute atomic E-state index is 0.214. The predicted octanol–water partition coefficient (Wildman–Crippen LogP) is 5.35. The molecule has 0 bridgehead atoms. The number of rotatable bonds is 9. The van der Waals surface area contributed by atoms with E-state index in [1.165, 1.54) is 15.6 Å². The number of nitrogens with zero attached hydrogens (tertiary/aromatic N) is 2. The van der Waals surface area contributed by atoms with Crippen molar-refractivity contribution in [3.63, 3.8) is 0 Å². The molecule has 0 aliphatic carbocycles. The number of pyridine rings is 1. The normalized spacial score (nSPS) is 13.4. The first-order valence-corrected chi connectivity index (χ1v) is 15.1. The van der Waals surface area contributed by atoms with E-state index in [1.54, 1.807) is 39.3 Å². The summed E-state index contributed by atoms with van der Waals surface area (Å²) in [4.78, 5) is 17.4. The Morgan fingerprint density at radius 3 is 2.58 bits per heavy atom. The Morgan fingerprint density at radius 1 is 1.07 bits per heavy atom. The van der Waals surface area contributed by atoms with Crippen molar-refractivity contribution in [2.75, 3.05) is 25.2 Å². The van der Waals surface area contributed by atoms with Gasteiger partial charge in [0, 0.05) is 29.4 Å². The zero-order chi connectivity index (χ0) is 28.5. The number of anilines is 1. The lowest BCUT2D eigenvalue weighted by atomic mass is 9.95. The highest BCUT2D eigenvalue weighted by molar-refractivity contribution is 7.89. The summed E-state index contributed by atoms with van der Waals surface area (Å²) < 4.78 is 34.1. The predicted molar refractivity (Wildman–Crippen MR) is 161 cm³/mol. The molecule has 0 spiro atoms. The second kappa shape index (κ2) is 11.0. The maximum Gasteiger partial charge on any atom is 0.274 e. The molecule has 1 unspecified atom stereocenters. The number of nitrogens with two attached hydrogens (primary N) is 1. The van der Waals surface area contributed by atoms with Crippen molar-refractivity contribution in [2.45, 2.75) is 19.0 Å². The number of methoxy groups -OCH3 is 1. The molecule has 5 rings (SSSR count). The van der Waals surface area contributed by atoms with E-state index in [2.05, 4.69) is 10.3 Å². The molecule has 0 radical (unpaired) electrons. The summed E-state index contributed by atoms with van der Waals surface area (Å²) in [5.74, 6) is 0.0909. The lowest BCUT2D eigenvalue weighted by molar-refractivity contribution is 0.102. The van der Waals surface area contributed by atoms with E-state index in [4.69, 9.17) is 10.5 Å². The molecule has 8 nitrogen and oxygen atoms in total. The van der Waals surface area contributed by atoms with Crippen molar-refractivity contribution in [3.05, 3.63) is 101 Å². The molecular weight excluding hydrogens is 544 g/mol.